The van der Waals surface area contributed by atoms with Crippen LogP contribution in [0.3, 0.4) is 0 Å². The van der Waals surface area contributed by atoms with Crippen molar-refractivity contribution in [2.24, 2.45) is 0 Å². The Bertz CT molecular complexity index is 1420. The number of hydrogen-bond donors (Lipinski definition) is 3. The Kier molecular flexibility index (Phi) is 6.81. The minimum absolute atomic E-state index is 0.0647. The number of aromatic nitrogens is 2. The lowest BCUT2D eigenvalue weighted by molar-refractivity contribution is -0.0161. The Morgan fingerprint density at radius 2 is 2.10 bits per heavy atom. The van der Waals surface area contributed by atoms with Crippen molar-refractivity contribution in [3.63, 3.8) is 0 Å². The van der Waals surface area contributed by atoms with E-state index in [0.29, 0.717) is 67.2 Å². The summed E-state index contributed by atoms with van der Waals surface area (Å²) in [7, 11) is 0. The average Bonchev–Trinajstić information content (AvgIpc) is 3.48. The number of nitrogens with zero attached hydrogens (tertiary/aromatic N) is 3. The highest BCUT2D eigenvalue weighted by molar-refractivity contribution is 5.99. The second kappa shape index (κ2) is 10.4. The van der Waals surface area contributed by atoms with Crippen molar-refractivity contribution < 1.29 is 27.8 Å². The van der Waals surface area contributed by atoms with Gasteiger partial charge in [0.1, 0.15) is 30.4 Å². The van der Waals surface area contributed by atoms with E-state index in [4.69, 9.17) is 19.9 Å². The maximum absolute atomic E-state index is 15.4. The van der Waals surface area contributed by atoms with E-state index in [0.717, 1.165) is 12.0 Å². The number of nitrogen functional groups attached to an aromatic ring is 1. The highest BCUT2D eigenvalue weighted by atomic mass is 19.1. The second-order valence-corrected chi connectivity index (χ2v) is 10.1. The van der Waals surface area contributed by atoms with Crippen molar-refractivity contribution in [1.82, 2.24) is 14.9 Å². The number of benzene rings is 1. The molecule has 0 bridgehead atoms. The smallest absolute Gasteiger partial charge is 0.413 e. The van der Waals surface area contributed by atoms with Gasteiger partial charge in [0.15, 0.2) is 5.82 Å². The van der Waals surface area contributed by atoms with Crippen LogP contribution >= 0.6 is 0 Å². The van der Waals surface area contributed by atoms with Crippen LogP contribution in [0.15, 0.2) is 24.5 Å². The van der Waals surface area contributed by atoms with E-state index in [1.807, 2.05) is 6.92 Å². The number of hydrogen-bond acceptors (Lipinski definition) is 9. The molecule has 4 N–H and O–H groups in total. The number of carbonyl (C=O) groups is 1. The summed E-state index contributed by atoms with van der Waals surface area (Å²) in [5.41, 5.74) is 8.40. The van der Waals surface area contributed by atoms with Gasteiger partial charge in [0.05, 0.1) is 12.3 Å². The molecule has 0 spiro atoms. The standard InChI is InChI=1S/C27H30F2N6O4/c1-14-18(10-33-26-25(14)31-4-7-38-26)17-8-15-9-22(32-11-19(15)24(30)23(17)29)34-27(36)39-21-2-5-35(12-20(21)28)16-3-6-37-13-16/h8-11,16,20-21,31H,2-7,12-13,30H2,1H3,(H,32,34,36)/t16?,20-,21+/m0/s1. The lowest BCUT2D eigenvalue weighted by Crippen LogP contribution is -2.50. The van der Waals surface area contributed by atoms with Gasteiger partial charge in [0.2, 0.25) is 5.88 Å². The maximum Gasteiger partial charge on any atom is 0.413 e. The number of nitrogens with two attached hydrogens (primary N) is 1. The molecule has 206 valence electrons. The molecule has 1 amide bonds. The average molecular weight is 541 g/mol. The molecule has 3 atom stereocenters. The van der Waals surface area contributed by atoms with Gasteiger partial charge < -0.3 is 25.3 Å². The van der Waals surface area contributed by atoms with Gasteiger partial charge in [0.25, 0.3) is 0 Å². The van der Waals surface area contributed by atoms with Crippen LogP contribution < -0.4 is 21.1 Å². The molecule has 3 aliphatic heterocycles. The van der Waals surface area contributed by atoms with Crippen molar-refractivity contribution in [2.75, 3.05) is 55.8 Å². The van der Waals surface area contributed by atoms with Crippen LogP contribution in [0.5, 0.6) is 5.88 Å². The third-order valence-corrected chi connectivity index (χ3v) is 7.66. The summed E-state index contributed by atoms with van der Waals surface area (Å²) in [5.74, 6) is 0.0610. The predicted molar refractivity (Wildman–Crippen MR) is 142 cm³/mol. The van der Waals surface area contributed by atoms with Crippen LogP contribution in [-0.4, -0.2) is 78.7 Å². The molecule has 10 nitrogen and oxygen atoms in total. The largest absolute Gasteiger partial charge is 0.474 e. The third kappa shape index (κ3) is 4.89. The van der Waals surface area contributed by atoms with Gasteiger partial charge in [-0.2, -0.15) is 0 Å². The molecule has 6 rings (SSSR count). The van der Waals surface area contributed by atoms with E-state index >= 15 is 4.39 Å². The topological polar surface area (TPSA) is 124 Å². The number of amides is 1. The molecule has 3 aromatic rings. The number of alkyl halides is 1. The van der Waals surface area contributed by atoms with Gasteiger partial charge in [-0.3, -0.25) is 10.2 Å². The number of anilines is 3. The Morgan fingerprint density at radius 3 is 2.90 bits per heavy atom. The van der Waals surface area contributed by atoms with Gasteiger partial charge >= 0.3 is 6.09 Å². The van der Waals surface area contributed by atoms with Crippen LogP contribution in [0.2, 0.25) is 0 Å². The van der Waals surface area contributed by atoms with Crippen molar-refractivity contribution in [3.05, 3.63) is 35.9 Å². The first-order valence-corrected chi connectivity index (χ1v) is 13.1. The number of halogens is 2. The molecule has 2 aromatic heterocycles. The van der Waals surface area contributed by atoms with E-state index < -0.39 is 24.2 Å². The van der Waals surface area contributed by atoms with Gasteiger partial charge in [-0.15, -0.1) is 0 Å². The Hall–Kier alpha value is -3.77. The number of pyridine rings is 2. The zero-order valence-electron chi connectivity index (χ0n) is 21.5. The van der Waals surface area contributed by atoms with E-state index in [1.165, 1.54) is 6.20 Å². The fraction of sp³-hybridized carbons (Fsp3) is 0.444. The molecular weight excluding hydrogens is 510 g/mol. The van der Waals surface area contributed by atoms with Gasteiger partial charge in [-0.1, -0.05) is 0 Å². The summed E-state index contributed by atoms with van der Waals surface area (Å²) in [6.07, 6.45) is 1.27. The molecule has 2 fully saturated rings. The minimum Gasteiger partial charge on any atom is -0.474 e. The molecule has 0 aliphatic carbocycles. The lowest BCUT2D eigenvalue weighted by atomic mass is 9.97. The molecule has 39 heavy (non-hydrogen) atoms. The summed E-state index contributed by atoms with van der Waals surface area (Å²) in [6, 6.07) is 3.43. The zero-order valence-corrected chi connectivity index (χ0v) is 21.5. The number of nitrogens with one attached hydrogen (secondary N) is 2. The summed E-state index contributed by atoms with van der Waals surface area (Å²) >= 11 is 0. The minimum atomic E-state index is -1.30. The highest BCUT2D eigenvalue weighted by Gasteiger charge is 2.36. The normalized spacial score (nSPS) is 23.1. The molecule has 0 saturated carbocycles. The van der Waals surface area contributed by atoms with Crippen molar-refractivity contribution in [2.45, 2.75) is 38.1 Å². The number of fused-ring (bicyclic) bond motifs is 2. The first-order chi connectivity index (χ1) is 18.9. The Morgan fingerprint density at radius 1 is 1.23 bits per heavy atom. The Labute approximate surface area is 223 Å². The molecular formula is C27H30F2N6O4. The molecule has 1 aromatic carbocycles. The number of ether oxygens (including phenoxy) is 3. The molecule has 2 saturated heterocycles. The SMILES string of the molecule is Cc1c(-c2cc3cc(NC(=O)O[C@@H]4CCN(C5CCOC5)C[C@@H]4F)ncc3c(N)c2F)cnc2c1NCCO2. The van der Waals surface area contributed by atoms with Crippen molar-refractivity contribution in [1.29, 1.82) is 0 Å². The zero-order chi connectivity index (χ0) is 27.1. The fourth-order valence-corrected chi connectivity index (χ4v) is 5.51. The molecule has 5 heterocycles. The van der Waals surface area contributed by atoms with Crippen LogP contribution in [0.1, 0.15) is 18.4 Å². The van der Waals surface area contributed by atoms with Gasteiger partial charge in [-0.05, 0) is 36.4 Å². The Balaban J connectivity index is 1.20. The van der Waals surface area contributed by atoms with E-state index in [2.05, 4.69) is 25.5 Å². The maximum atomic E-state index is 15.4. The second-order valence-electron chi connectivity index (χ2n) is 10.1. The molecule has 12 heteroatoms. The van der Waals surface area contributed by atoms with Crippen LogP contribution in [0.4, 0.5) is 30.8 Å². The van der Waals surface area contributed by atoms with Crippen LogP contribution in [-0.2, 0) is 9.47 Å². The quantitative estimate of drug-likeness (QED) is 0.423. The van der Waals surface area contributed by atoms with Crippen molar-refractivity contribution >= 4 is 34.1 Å². The van der Waals surface area contributed by atoms with E-state index in [-0.39, 0.29) is 29.7 Å². The summed E-state index contributed by atoms with van der Waals surface area (Å²) in [4.78, 5) is 23.2. The number of likely N-dealkylation sites (tertiary alicyclic amines) is 1. The first-order valence-electron chi connectivity index (χ1n) is 13.1. The molecule has 1 unspecified atom stereocenters. The van der Waals surface area contributed by atoms with Crippen LogP contribution in [0.25, 0.3) is 21.9 Å². The fourth-order valence-electron chi connectivity index (χ4n) is 5.51. The molecule has 0 radical (unpaired) electrons. The number of piperidine rings is 1. The highest BCUT2D eigenvalue weighted by Crippen LogP contribution is 2.39. The molecule has 3 aliphatic rings. The third-order valence-electron chi connectivity index (χ3n) is 7.66. The van der Waals surface area contributed by atoms with Gasteiger partial charge in [0, 0.05) is 67.6 Å². The van der Waals surface area contributed by atoms with E-state index in [9.17, 15) is 9.18 Å². The van der Waals surface area contributed by atoms with Crippen LogP contribution in [0, 0.1) is 12.7 Å². The lowest BCUT2D eigenvalue weighted by Gasteiger charge is -2.37. The summed E-state index contributed by atoms with van der Waals surface area (Å²) in [6.45, 7) is 5.11. The van der Waals surface area contributed by atoms with Gasteiger partial charge in [-0.25, -0.2) is 23.5 Å². The number of rotatable bonds is 4. The monoisotopic (exact) mass is 540 g/mol. The number of carbonyl (C=O) groups excluding carboxylic acids is 1. The van der Waals surface area contributed by atoms with E-state index in [1.54, 1.807) is 18.3 Å². The first kappa shape index (κ1) is 25.5. The van der Waals surface area contributed by atoms with Crippen molar-refractivity contribution in [3.8, 4) is 17.0 Å². The summed E-state index contributed by atoms with van der Waals surface area (Å²) in [5, 5.41) is 6.77. The summed E-state index contributed by atoms with van der Waals surface area (Å²) < 4.78 is 46.6. The predicted octanol–water partition coefficient (Wildman–Crippen LogP) is 3.88.